The van der Waals surface area contributed by atoms with Gasteiger partial charge in [-0.2, -0.15) is 0 Å². The maximum atomic E-state index is 14.0. The van der Waals surface area contributed by atoms with Crippen molar-refractivity contribution >= 4 is 45.7 Å². The predicted octanol–water partition coefficient (Wildman–Crippen LogP) is 4.68. The minimum absolute atomic E-state index is 0.146. The van der Waals surface area contributed by atoms with Gasteiger partial charge in [0, 0.05) is 18.0 Å². The fraction of sp³-hybridized carbons (Fsp3) is 0.438. The zero-order valence-corrected chi connectivity index (χ0v) is 14.6. The summed E-state index contributed by atoms with van der Waals surface area (Å²) in [5.74, 6) is 0.0121. The zero-order valence-electron chi connectivity index (χ0n) is 12.4. The topological polar surface area (TPSA) is 25.4 Å². The van der Waals surface area contributed by atoms with Gasteiger partial charge in [0.1, 0.15) is 23.7 Å². The van der Waals surface area contributed by atoms with E-state index in [4.69, 9.17) is 39.5 Å². The summed E-state index contributed by atoms with van der Waals surface area (Å²) in [6.45, 7) is 3.50. The molecule has 124 valence electrons. The Morgan fingerprint density at radius 1 is 1.22 bits per heavy atom. The van der Waals surface area contributed by atoms with Gasteiger partial charge in [0.2, 0.25) is 3.79 Å². The number of hydrogen-bond acceptors (Lipinski definition) is 3. The van der Waals surface area contributed by atoms with E-state index in [0.29, 0.717) is 17.7 Å². The summed E-state index contributed by atoms with van der Waals surface area (Å²) in [5.41, 5.74) is 0.295. The van der Waals surface area contributed by atoms with Crippen LogP contribution in [0.15, 0.2) is 24.3 Å². The molecule has 1 aromatic heterocycles. The van der Waals surface area contributed by atoms with Crippen LogP contribution in [0.25, 0.3) is 10.9 Å². The first-order valence-corrected chi connectivity index (χ1v) is 8.60. The lowest BCUT2D eigenvalue weighted by atomic mass is 10.1. The SMILES string of the molecule is Fc1cccc2c(OCCN3CCCC3)cc(C(Cl)(Cl)Cl)nc12. The number of rotatable bonds is 4. The van der Waals surface area contributed by atoms with E-state index < -0.39 is 9.61 Å². The quantitative estimate of drug-likeness (QED) is 0.724. The molecule has 0 atom stereocenters. The number of alkyl halides is 3. The molecular formula is C16H16Cl3FN2O. The Bertz CT molecular complexity index is 700. The van der Waals surface area contributed by atoms with Crippen molar-refractivity contribution in [2.45, 2.75) is 16.6 Å². The minimum atomic E-state index is -1.73. The van der Waals surface area contributed by atoms with Crippen LogP contribution >= 0.6 is 34.8 Å². The molecule has 2 aromatic rings. The number of halogens is 4. The van der Waals surface area contributed by atoms with Crippen molar-refractivity contribution in [3.05, 3.63) is 35.8 Å². The molecule has 1 aliphatic heterocycles. The standard InChI is InChI=1S/C16H16Cl3FN2O/c17-16(18,19)14-10-13(23-9-8-22-6-1-2-7-22)11-4-3-5-12(20)15(11)21-14/h3-5,10H,1-2,6-9H2. The van der Waals surface area contributed by atoms with Gasteiger partial charge < -0.3 is 4.74 Å². The van der Waals surface area contributed by atoms with Crippen LogP contribution in [0.2, 0.25) is 0 Å². The Kier molecular flexibility index (Phi) is 5.16. The molecule has 1 aliphatic rings. The van der Waals surface area contributed by atoms with Crippen LogP contribution in [0.1, 0.15) is 18.5 Å². The molecule has 0 radical (unpaired) electrons. The van der Waals surface area contributed by atoms with E-state index in [0.717, 1.165) is 19.6 Å². The lowest BCUT2D eigenvalue weighted by Crippen LogP contribution is -2.25. The van der Waals surface area contributed by atoms with Crippen LogP contribution < -0.4 is 4.74 Å². The second kappa shape index (κ2) is 6.98. The summed E-state index contributed by atoms with van der Waals surface area (Å²) in [6, 6.07) is 6.25. The third-order valence-corrected chi connectivity index (χ3v) is 4.49. The molecule has 1 saturated heterocycles. The number of likely N-dealkylation sites (tertiary alicyclic amines) is 1. The number of pyridine rings is 1. The smallest absolute Gasteiger partial charge is 0.232 e. The van der Waals surface area contributed by atoms with Gasteiger partial charge in [0.05, 0.1) is 5.69 Å². The fourth-order valence-corrected chi connectivity index (χ4v) is 3.03. The van der Waals surface area contributed by atoms with E-state index in [1.165, 1.54) is 18.9 Å². The number of hydrogen-bond donors (Lipinski definition) is 0. The summed E-state index contributed by atoms with van der Waals surface area (Å²) in [6.07, 6.45) is 2.45. The molecule has 0 bridgehead atoms. The molecule has 0 saturated carbocycles. The van der Waals surface area contributed by atoms with Crippen LogP contribution in [-0.4, -0.2) is 36.1 Å². The van der Waals surface area contributed by atoms with E-state index in [1.807, 2.05) is 0 Å². The number of para-hydroxylation sites is 1. The van der Waals surface area contributed by atoms with Crippen molar-refractivity contribution in [1.29, 1.82) is 0 Å². The van der Waals surface area contributed by atoms with E-state index in [-0.39, 0.29) is 11.2 Å². The van der Waals surface area contributed by atoms with Crippen molar-refractivity contribution < 1.29 is 9.13 Å². The van der Waals surface area contributed by atoms with Gasteiger partial charge in [-0.1, -0.05) is 40.9 Å². The van der Waals surface area contributed by atoms with Crippen molar-refractivity contribution in [1.82, 2.24) is 9.88 Å². The minimum Gasteiger partial charge on any atom is -0.491 e. The molecule has 2 heterocycles. The van der Waals surface area contributed by atoms with E-state index in [9.17, 15) is 4.39 Å². The fourth-order valence-electron chi connectivity index (χ4n) is 2.74. The Morgan fingerprint density at radius 3 is 2.65 bits per heavy atom. The first kappa shape index (κ1) is 17.0. The van der Waals surface area contributed by atoms with Crippen molar-refractivity contribution in [3.63, 3.8) is 0 Å². The Labute approximate surface area is 149 Å². The molecule has 3 nitrogen and oxygen atoms in total. The highest BCUT2D eigenvalue weighted by Gasteiger charge is 2.27. The first-order valence-electron chi connectivity index (χ1n) is 7.47. The van der Waals surface area contributed by atoms with Crippen LogP contribution in [0.5, 0.6) is 5.75 Å². The van der Waals surface area contributed by atoms with Gasteiger partial charge in [-0.3, -0.25) is 4.90 Å². The number of nitrogens with zero attached hydrogens (tertiary/aromatic N) is 2. The summed E-state index contributed by atoms with van der Waals surface area (Å²) in [4.78, 5) is 6.46. The van der Waals surface area contributed by atoms with Gasteiger partial charge in [0.25, 0.3) is 0 Å². The van der Waals surface area contributed by atoms with Gasteiger partial charge in [-0.15, -0.1) is 0 Å². The second-order valence-corrected chi connectivity index (χ2v) is 7.82. The number of ether oxygens (including phenoxy) is 1. The average molecular weight is 378 g/mol. The number of benzene rings is 1. The molecule has 23 heavy (non-hydrogen) atoms. The second-order valence-electron chi connectivity index (χ2n) is 5.54. The van der Waals surface area contributed by atoms with Gasteiger partial charge in [-0.25, -0.2) is 9.37 Å². The highest BCUT2D eigenvalue weighted by Crippen LogP contribution is 2.40. The van der Waals surface area contributed by atoms with Crippen LogP contribution in [0, 0.1) is 5.82 Å². The molecular weight excluding hydrogens is 362 g/mol. The number of fused-ring (bicyclic) bond motifs is 1. The van der Waals surface area contributed by atoms with Gasteiger partial charge in [0.15, 0.2) is 0 Å². The van der Waals surface area contributed by atoms with E-state index >= 15 is 0 Å². The summed E-state index contributed by atoms with van der Waals surface area (Å²) >= 11 is 17.7. The average Bonchev–Trinajstić information content (AvgIpc) is 3.00. The number of aromatic nitrogens is 1. The monoisotopic (exact) mass is 376 g/mol. The summed E-state index contributed by atoms with van der Waals surface area (Å²) in [7, 11) is 0. The Morgan fingerprint density at radius 2 is 1.96 bits per heavy atom. The summed E-state index contributed by atoms with van der Waals surface area (Å²) in [5, 5.41) is 0.574. The predicted molar refractivity (Wildman–Crippen MR) is 92.1 cm³/mol. The molecule has 1 aromatic carbocycles. The van der Waals surface area contributed by atoms with E-state index in [2.05, 4.69) is 9.88 Å². The zero-order chi connectivity index (χ0) is 16.4. The highest BCUT2D eigenvalue weighted by atomic mass is 35.6. The highest BCUT2D eigenvalue weighted by molar-refractivity contribution is 6.66. The molecule has 0 N–H and O–H groups in total. The largest absolute Gasteiger partial charge is 0.491 e. The lowest BCUT2D eigenvalue weighted by molar-refractivity contribution is 0.239. The lowest BCUT2D eigenvalue weighted by Gasteiger charge is -2.18. The van der Waals surface area contributed by atoms with Gasteiger partial charge >= 0.3 is 0 Å². The van der Waals surface area contributed by atoms with Crippen LogP contribution in [0.3, 0.4) is 0 Å². The summed E-state index contributed by atoms with van der Waals surface area (Å²) < 4.78 is 18.2. The van der Waals surface area contributed by atoms with Gasteiger partial charge in [-0.05, 0) is 38.1 Å². The Balaban J connectivity index is 1.88. The first-order chi connectivity index (χ1) is 10.9. The third-order valence-electron chi connectivity index (χ3n) is 3.91. The van der Waals surface area contributed by atoms with Crippen LogP contribution in [-0.2, 0) is 3.79 Å². The van der Waals surface area contributed by atoms with E-state index in [1.54, 1.807) is 18.2 Å². The molecule has 1 fully saturated rings. The molecule has 0 aliphatic carbocycles. The normalized spacial score (nSPS) is 16.2. The molecule has 3 rings (SSSR count). The maximum Gasteiger partial charge on any atom is 0.232 e. The maximum absolute atomic E-state index is 14.0. The van der Waals surface area contributed by atoms with Crippen molar-refractivity contribution in [3.8, 4) is 5.75 Å². The molecule has 7 heteroatoms. The van der Waals surface area contributed by atoms with Crippen molar-refractivity contribution in [2.75, 3.05) is 26.2 Å². The molecule has 0 unspecified atom stereocenters. The molecule has 0 amide bonds. The third kappa shape index (κ3) is 4.00. The van der Waals surface area contributed by atoms with Crippen LogP contribution in [0.4, 0.5) is 4.39 Å². The molecule has 0 spiro atoms. The van der Waals surface area contributed by atoms with Crippen molar-refractivity contribution in [2.24, 2.45) is 0 Å². The Hall–Kier alpha value is -0.810.